The molecule has 0 bridgehead atoms. The minimum absolute atomic E-state index is 0.766. The van der Waals surface area contributed by atoms with E-state index in [4.69, 9.17) is 5.11 Å². The molecule has 0 saturated carbocycles. The van der Waals surface area contributed by atoms with Crippen molar-refractivity contribution in [3.8, 4) is 0 Å². The highest BCUT2D eigenvalue weighted by Crippen LogP contribution is 2.36. The summed E-state index contributed by atoms with van der Waals surface area (Å²) in [6.07, 6.45) is -3.81. The summed E-state index contributed by atoms with van der Waals surface area (Å²) in [5.41, 5.74) is -2.22. The zero-order chi connectivity index (χ0) is 15.8. The average molecular weight is 305 g/mol. The normalized spacial score (nSPS) is 11.6. The van der Waals surface area contributed by atoms with Crippen molar-refractivity contribution in [1.29, 1.82) is 0 Å². The molecule has 1 aromatic carbocycles. The van der Waals surface area contributed by atoms with Crippen LogP contribution in [-0.2, 0) is 0 Å². The third kappa shape index (κ3) is 2.37. The zero-order valence-corrected chi connectivity index (χ0v) is 9.66. The van der Waals surface area contributed by atoms with Gasteiger partial charge in [-0.2, -0.15) is 8.78 Å². The molecule has 1 rings (SSSR count). The number of halogens is 7. The minimum Gasteiger partial charge on any atom is -0.465 e. The Morgan fingerprint density at radius 1 is 1.00 bits per heavy atom. The number of hydrogen-bond donors (Lipinski definition) is 1. The largest absolute Gasteiger partial charge is 0.465 e. The molecular formula is C10H6F7NO2. The van der Waals surface area contributed by atoms with E-state index in [0.717, 1.165) is 6.92 Å². The Balaban J connectivity index is 3.71. The van der Waals surface area contributed by atoms with E-state index in [-0.39, 0.29) is 0 Å². The molecule has 10 heteroatoms. The summed E-state index contributed by atoms with van der Waals surface area (Å²) >= 11 is 0. The predicted octanol–water partition coefficient (Wildman–Crippen LogP) is 3.87. The quantitative estimate of drug-likeness (QED) is 0.398. The molecule has 0 atom stereocenters. The lowest BCUT2D eigenvalue weighted by atomic mass is 10.2. The van der Waals surface area contributed by atoms with E-state index in [1.807, 2.05) is 0 Å². The van der Waals surface area contributed by atoms with Crippen molar-refractivity contribution in [3.63, 3.8) is 0 Å². The van der Waals surface area contributed by atoms with Crippen LogP contribution in [0.25, 0.3) is 0 Å². The first-order valence-electron chi connectivity index (χ1n) is 4.98. The molecule has 0 aliphatic carbocycles. The van der Waals surface area contributed by atoms with Crippen molar-refractivity contribution < 1.29 is 40.6 Å². The maximum Gasteiger partial charge on any atom is 0.416 e. The van der Waals surface area contributed by atoms with Gasteiger partial charge in [0.1, 0.15) is 5.69 Å². The van der Waals surface area contributed by atoms with Gasteiger partial charge in [-0.05, 0) is 0 Å². The first kappa shape index (κ1) is 16.1. The maximum atomic E-state index is 13.4. The van der Waals surface area contributed by atoms with Crippen molar-refractivity contribution in [1.82, 2.24) is 0 Å². The molecule has 0 spiro atoms. The Morgan fingerprint density at radius 2 is 1.35 bits per heavy atom. The van der Waals surface area contributed by atoms with Crippen LogP contribution in [0.3, 0.4) is 0 Å². The number of anilines is 1. The summed E-state index contributed by atoms with van der Waals surface area (Å²) in [5, 5.41) is 8.57. The molecule has 1 amide bonds. The van der Waals surface area contributed by atoms with Crippen molar-refractivity contribution in [2.24, 2.45) is 0 Å². The standard InChI is InChI=1S/C10H6F7NO2/c1-2-10(16,17)18(9(19)20)8-6(14)4(12)3(11)5(13)7(8)15/h2H2,1H3,(H,19,20). The van der Waals surface area contributed by atoms with Crippen LogP contribution in [0.4, 0.5) is 41.2 Å². The van der Waals surface area contributed by atoms with Gasteiger partial charge in [0.2, 0.25) is 5.82 Å². The number of amides is 1. The number of carbonyl (C=O) groups is 1. The third-order valence-electron chi connectivity index (χ3n) is 2.35. The molecule has 0 aliphatic rings. The van der Waals surface area contributed by atoms with E-state index in [2.05, 4.69) is 0 Å². The summed E-state index contributed by atoms with van der Waals surface area (Å²) < 4.78 is 91.9. The molecule has 20 heavy (non-hydrogen) atoms. The van der Waals surface area contributed by atoms with Crippen LogP contribution < -0.4 is 4.90 Å². The van der Waals surface area contributed by atoms with Gasteiger partial charge in [0.05, 0.1) is 0 Å². The highest BCUT2D eigenvalue weighted by atomic mass is 19.3. The molecule has 0 heterocycles. The zero-order valence-electron chi connectivity index (χ0n) is 9.66. The van der Waals surface area contributed by atoms with Crippen molar-refractivity contribution in [2.75, 3.05) is 4.90 Å². The Morgan fingerprint density at radius 3 is 1.65 bits per heavy atom. The fourth-order valence-electron chi connectivity index (χ4n) is 1.35. The number of benzene rings is 1. The number of nitrogens with zero attached hydrogens (tertiary/aromatic N) is 1. The second-order valence-electron chi connectivity index (χ2n) is 3.56. The Labute approximate surface area is 107 Å². The van der Waals surface area contributed by atoms with Crippen LogP contribution in [0.2, 0.25) is 0 Å². The van der Waals surface area contributed by atoms with E-state index in [9.17, 15) is 35.5 Å². The third-order valence-corrected chi connectivity index (χ3v) is 2.35. The fraction of sp³-hybridized carbons (Fsp3) is 0.300. The molecule has 0 aliphatic heterocycles. The monoisotopic (exact) mass is 305 g/mol. The Kier molecular flexibility index (Phi) is 4.15. The second kappa shape index (κ2) is 5.17. The molecule has 3 nitrogen and oxygen atoms in total. The van der Waals surface area contributed by atoms with Gasteiger partial charge < -0.3 is 5.11 Å². The van der Waals surface area contributed by atoms with Gasteiger partial charge in [-0.15, -0.1) is 0 Å². The molecule has 1 N–H and O–H groups in total. The van der Waals surface area contributed by atoms with Crippen molar-refractivity contribution >= 4 is 11.8 Å². The molecular weight excluding hydrogens is 299 g/mol. The van der Waals surface area contributed by atoms with E-state index >= 15 is 0 Å². The molecule has 0 aromatic heterocycles. The smallest absolute Gasteiger partial charge is 0.416 e. The number of alkyl halides is 2. The topological polar surface area (TPSA) is 40.5 Å². The molecule has 0 fully saturated rings. The van der Waals surface area contributed by atoms with Gasteiger partial charge in [0, 0.05) is 6.42 Å². The van der Waals surface area contributed by atoms with Crippen molar-refractivity contribution in [3.05, 3.63) is 29.1 Å². The number of carboxylic acid groups (broad SMARTS) is 1. The van der Waals surface area contributed by atoms with Crippen LogP contribution in [0.15, 0.2) is 0 Å². The van der Waals surface area contributed by atoms with Gasteiger partial charge in [0.15, 0.2) is 23.3 Å². The lowest BCUT2D eigenvalue weighted by molar-refractivity contribution is -0.00415. The summed E-state index contributed by atoms with van der Waals surface area (Å²) in [6, 6.07) is -4.36. The summed E-state index contributed by atoms with van der Waals surface area (Å²) in [4.78, 5) is 9.50. The van der Waals surface area contributed by atoms with Crippen LogP contribution in [-0.4, -0.2) is 17.2 Å². The van der Waals surface area contributed by atoms with Crippen molar-refractivity contribution in [2.45, 2.75) is 19.4 Å². The van der Waals surface area contributed by atoms with Gasteiger partial charge >= 0.3 is 12.1 Å². The summed E-state index contributed by atoms with van der Waals surface area (Å²) in [5.74, 6) is -12.9. The van der Waals surface area contributed by atoms with Gasteiger partial charge in [-0.3, -0.25) is 0 Å². The van der Waals surface area contributed by atoms with Crippen LogP contribution in [0.5, 0.6) is 0 Å². The van der Waals surface area contributed by atoms with Crippen LogP contribution >= 0.6 is 0 Å². The molecule has 0 unspecified atom stereocenters. The van der Waals surface area contributed by atoms with E-state index in [1.165, 1.54) is 0 Å². The maximum absolute atomic E-state index is 13.4. The number of rotatable bonds is 3. The minimum atomic E-state index is -4.36. The average Bonchev–Trinajstić information content (AvgIpc) is 2.38. The van der Waals surface area contributed by atoms with E-state index in [1.54, 1.807) is 0 Å². The highest BCUT2D eigenvalue weighted by molar-refractivity contribution is 5.87. The second-order valence-corrected chi connectivity index (χ2v) is 3.56. The number of hydrogen-bond acceptors (Lipinski definition) is 1. The molecule has 0 saturated heterocycles. The lowest BCUT2D eigenvalue weighted by Gasteiger charge is -2.28. The molecule has 1 aromatic rings. The molecule has 0 radical (unpaired) electrons. The van der Waals surface area contributed by atoms with Gasteiger partial charge in [-0.25, -0.2) is 31.6 Å². The van der Waals surface area contributed by atoms with E-state index < -0.39 is 58.2 Å². The van der Waals surface area contributed by atoms with Crippen LogP contribution in [0, 0.1) is 29.1 Å². The molecule has 112 valence electrons. The Hall–Kier alpha value is -2.00. The van der Waals surface area contributed by atoms with Gasteiger partial charge in [0.25, 0.3) is 0 Å². The lowest BCUT2D eigenvalue weighted by Crippen LogP contribution is -2.46. The summed E-state index contributed by atoms with van der Waals surface area (Å²) in [7, 11) is 0. The van der Waals surface area contributed by atoms with Crippen LogP contribution in [0.1, 0.15) is 13.3 Å². The van der Waals surface area contributed by atoms with E-state index in [0.29, 0.717) is 0 Å². The first-order chi connectivity index (χ1) is 9.06. The predicted molar refractivity (Wildman–Crippen MR) is 52.0 cm³/mol. The summed E-state index contributed by atoms with van der Waals surface area (Å²) in [6.45, 7) is 0.766. The van der Waals surface area contributed by atoms with Gasteiger partial charge in [-0.1, -0.05) is 6.92 Å². The highest BCUT2D eigenvalue weighted by Gasteiger charge is 2.45. The Bertz CT molecular complexity index is 532. The fourth-order valence-corrected chi connectivity index (χ4v) is 1.35. The SMILES string of the molecule is CCC(F)(F)N(C(=O)O)c1c(F)c(F)c(F)c(F)c1F. The first-order valence-corrected chi connectivity index (χ1v) is 4.98.